The van der Waals surface area contributed by atoms with Crippen molar-refractivity contribution in [3.8, 4) is 33.4 Å². The van der Waals surface area contributed by atoms with Crippen molar-refractivity contribution in [2.24, 2.45) is 0 Å². The Morgan fingerprint density at radius 1 is 0.400 bits per heavy atom. The lowest BCUT2D eigenvalue weighted by Crippen LogP contribution is -2.16. The minimum atomic E-state index is -0.128. The Balaban J connectivity index is 1.15. The van der Waals surface area contributed by atoms with E-state index in [0.29, 0.717) is 0 Å². The highest BCUT2D eigenvalue weighted by Gasteiger charge is 2.36. The minimum Gasteiger partial charge on any atom is -0.455 e. The molecule has 1 aliphatic rings. The maximum absolute atomic E-state index is 6.74. The van der Waals surface area contributed by atoms with Crippen molar-refractivity contribution >= 4 is 60.5 Å². The van der Waals surface area contributed by atoms with Gasteiger partial charge < -0.3 is 9.32 Å². The predicted molar refractivity (Wildman–Crippen MR) is 232 cm³/mol. The van der Waals surface area contributed by atoms with Crippen LogP contribution >= 0.6 is 0 Å². The summed E-state index contributed by atoms with van der Waals surface area (Å²) in [4.78, 5) is 2.45. The maximum atomic E-state index is 6.74. The molecule has 1 aromatic heterocycles. The normalized spacial score (nSPS) is 13.1. The smallest absolute Gasteiger partial charge is 0.143 e. The van der Waals surface area contributed by atoms with Crippen LogP contribution in [0.3, 0.4) is 0 Å². The molecule has 0 aliphatic heterocycles. The highest BCUT2D eigenvalue weighted by atomic mass is 16.3. The average molecular weight is 704 g/mol. The van der Waals surface area contributed by atoms with Crippen molar-refractivity contribution in [3.63, 3.8) is 0 Å². The molecule has 0 spiro atoms. The van der Waals surface area contributed by atoms with Crippen molar-refractivity contribution in [3.05, 3.63) is 199 Å². The Kier molecular flexibility index (Phi) is 6.93. The van der Waals surface area contributed by atoms with Gasteiger partial charge in [0.2, 0.25) is 0 Å². The molecule has 10 aromatic rings. The van der Waals surface area contributed by atoms with Crippen LogP contribution < -0.4 is 4.90 Å². The molecule has 0 bridgehead atoms. The van der Waals surface area contributed by atoms with E-state index in [9.17, 15) is 0 Å². The lowest BCUT2D eigenvalue weighted by molar-refractivity contribution is 0.660. The van der Waals surface area contributed by atoms with E-state index in [-0.39, 0.29) is 5.41 Å². The van der Waals surface area contributed by atoms with Crippen molar-refractivity contribution in [1.29, 1.82) is 0 Å². The summed E-state index contributed by atoms with van der Waals surface area (Å²) in [5.41, 5.74) is 15.1. The maximum Gasteiger partial charge on any atom is 0.143 e. The monoisotopic (exact) mass is 703 g/mol. The van der Waals surface area contributed by atoms with Gasteiger partial charge in [0.1, 0.15) is 11.2 Å². The molecule has 260 valence electrons. The van der Waals surface area contributed by atoms with Gasteiger partial charge in [0.15, 0.2) is 0 Å². The average Bonchev–Trinajstić information content (AvgIpc) is 3.72. The second kappa shape index (κ2) is 12.1. The first-order valence-corrected chi connectivity index (χ1v) is 19.1. The van der Waals surface area contributed by atoms with Crippen molar-refractivity contribution in [2.45, 2.75) is 19.3 Å². The fourth-order valence-corrected chi connectivity index (χ4v) is 9.00. The summed E-state index contributed by atoms with van der Waals surface area (Å²) in [5.74, 6) is 0. The van der Waals surface area contributed by atoms with Gasteiger partial charge in [0, 0.05) is 38.3 Å². The topological polar surface area (TPSA) is 16.4 Å². The van der Waals surface area contributed by atoms with Crippen LogP contribution in [-0.2, 0) is 5.41 Å². The Bertz CT molecular complexity index is 3110. The summed E-state index contributed by atoms with van der Waals surface area (Å²) in [6.07, 6.45) is 0. The predicted octanol–water partition coefficient (Wildman–Crippen LogP) is 15.0. The van der Waals surface area contributed by atoms with Crippen LogP contribution in [0.25, 0.3) is 76.9 Å². The third kappa shape index (κ3) is 4.95. The Labute approximate surface area is 320 Å². The number of hydrogen-bond donors (Lipinski definition) is 0. The van der Waals surface area contributed by atoms with Crippen LogP contribution in [0.1, 0.15) is 25.0 Å². The minimum absolute atomic E-state index is 0.128. The highest BCUT2D eigenvalue weighted by Crippen LogP contribution is 2.52. The SMILES string of the molecule is CC1(C)c2ccccc2-c2ccc(N(c3ccc(-c4ccccc4)cc3)c3cc4c5cc(-c6ccc7ccccc7c6)ccc5oc4c4ccccc34)cc21. The van der Waals surface area contributed by atoms with Gasteiger partial charge in [0.25, 0.3) is 0 Å². The van der Waals surface area contributed by atoms with Gasteiger partial charge in [-0.05, 0) is 104 Å². The molecular formula is C53H37NO. The Morgan fingerprint density at radius 3 is 1.89 bits per heavy atom. The summed E-state index contributed by atoms with van der Waals surface area (Å²) >= 11 is 0. The quantitative estimate of drug-likeness (QED) is 0.177. The number of furan rings is 1. The van der Waals surface area contributed by atoms with Gasteiger partial charge in [-0.25, -0.2) is 0 Å². The lowest BCUT2D eigenvalue weighted by Gasteiger charge is -2.29. The largest absolute Gasteiger partial charge is 0.455 e. The molecule has 0 saturated heterocycles. The standard InChI is InChI=1S/C53H37NO/c1-53(2)48-19-11-10-16-42(48)43-28-27-41(32-49(43)53)54(40-25-22-36(23-26-40)34-12-4-3-5-13-34)50-33-47-46-31-39(38-21-20-35-14-6-7-15-37(35)30-38)24-29-51(46)55-52(47)45-18-9-8-17-44(45)50/h3-33H,1-2H3. The third-order valence-electron chi connectivity index (χ3n) is 11.8. The summed E-state index contributed by atoms with van der Waals surface area (Å²) in [5, 5.41) is 6.92. The van der Waals surface area contributed by atoms with E-state index < -0.39 is 0 Å². The molecule has 0 fully saturated rings. The van der Waals surface area contributed by atoms with Gasteiger partial charge in [-0.3, -0.25) is 0 Å². The van der Waals surface area contributed by atoms with Crippen LogP contribution in [-0.4, -0.2) is 0 Å². The molecule has 1 aliphatic carbocycles. The highest BCUT2D eigenvalue weighted by molar-refractivity contribution is 6.20. The molecule has 11 rings (SSSR count). The van der Waals surface area contributed by atoms with E-state index in [1.165, 1.54) is 55.3 Å². The summed E-state index contributed by atoms with van der Waals surface area (Å²) in [6.45, 7) is 4.71. The van der Waals surface area contributed by atoms with E-state index in [2.05, 4.69) is 207 Å². The number of hydrogen-bond acceptors (Lipinski definition) is 2. The van der Waals surface area contributed by atoms with Crippen LogP contribution in [0, 0.1) is 0 Å². The van der Waals surface area contributed by atoms with E-state index in [1.807, 2.05) is 0 Å². The molecule has 9 aromatic carbocycles. The van der Waals surface area contributed by atoms with Gasteiger partial charge in [-0.15, -0.1) is 0 Å². The fraction of sp³-hybridized carbons (Fsp3) is 0.0566. The van der Waals surface area contributed by atoms with Crippen molar-refractivity contribution in [1.82, 2.24) is 0 Å². The van der Waals surface area contributed by atoms with E-state index in [0.717, 1.165) is 49.8 Å². The van der Waals surface area contributed by atoms with E-state index >= 15 is 0 Å². The summed E-state index contributed by atoms with van der Waals surface area (Å²) < 4.78 is 6.74. The van der Waals surface area contributed by atoms with Crippen molar-refractivity contribution in [2.75, 3.05) is 4.90 Å². The second-order valence-electron chi connectivity index (χ2n) is 15.3. The van der Waals surface area contributed by atoms with E-state index in [4.69, 9.17) is 4.42 Å². The molecule has 0 unspecified atom stereocenters. The van der Waals surface area contributed by atoms with Crippen LogP contribution in [0.2, 0.25) is 0 Å². The molecule has 2 nitrogen and oxygen atoms in total. The zero-order chi connectivity index (χ0) is 36.7. The van der Waals surface area contributed by atoms with Gasteiger partial charge >= 0.3 is 0 Å². The van der Waals surface area contributed by atoms with Crippen LogP contribution in [0.5, 0.6) is 0 Å². The lowest BCUT2D eigenvalue weighted by atomic mass is 9.82. The molecule has 0 saturated carbocycles. The fourth-order valence-electron chi connectivity index (χ4n) is 9.00. The molecule has 2 heteroatoms. The van der Waals surface area contributed by atoms with Crippen LogP contribution in [0.15, 0.2) is 192 Å². The number of fused-ring (bicyclic) bond motifs is 9. The molecular weight excluding hydrogens is 667 g/mol. The molecule has 0 N–H and O–H groups in total. The summed E-state index contributed by atoms with van der Waals surface area (Å²) in [7, 11) is 0. The van der Waals surface area contributed by atoms with E-state index in [1.54, 1.807) is 0 Å². The number of benzene rings is 9. The molecule has 55 heavy (non-hydrogen) atoms. The zero-order valence-corrected chi connectivity index (χ0v) is 30.8. The number of nitrogens with zero attached hydrogens (tertiary/aromatic N) is 1. The summed E-state index contributed by atoms with van der Waals surface area (Å²) in [6, 6.07) is 68.5. The molecule has 0 amide bonds. The first kappa shape index (κ1) is 31.6. The van der Waals surface area contributed by atoms with Crippen LogP contribution in [0.4, 0.5) is 17.1 Å². The molecule has 0 radical (unpaired) electrons. The van der Waals surface area contributed by atoms with Gasteiger partial charge in [-0.1, -0.05) is 153 Å². The zero-order valence-electron chi connectivity index (χ0n) is 30.8. The molecule has 1 heterocycles. The third-order valence-corrected chi connectivity index (χ3v) is 11.8. The second-order valence-corrected chi connectivity index (χ2v) is 15.3. The first-order valence-electron chi connectivity index (χ1n) is 19.1. The van der Waals surface area contributed by atoms with Gasteiger partial charge in [-0.2, -0.15) is 0 Å². The Hall–Kier alpha value is -6.90. The Morgan fingerprint density at radius 2 is 1.04 bits per heavy atom. The van der Waals surface area contributed by atoms with Gasteiger partial charge in [0.05, 0.1) is 5.69 Å². The van der Waals surface area contributed by atoms with Crippen molar-refractivity contribution < 1.29 is 4.42 Å². The molecule has 0 atom stereocenters. The number of rotatable bonds is 5. The first-order chi connectivity index (χ1) is 27.0. The number of anilines is 3.